The lowest BCUT2D eigenvalue weighted by atomic mass is 10.1. The molecular formula is C21H17N7O14. The van der Waals surface area contributed by atoms with Gasteiger partial charge in [-0.3, -0.25) is 70.8 Å². The molecule has 21 heteroatoms. The Morgan fingerprint density at radius 1 is 0.405 bits per heavy atom. The minimum atomic E-state index is -0.917. The second-order valence-electron chi connectivity index (χ2n) is 7.80. The Hall–Kier alpha value is -6.54. The molecule has 3 aromatic rings. The first-order chi connectivity index (χ1) is 19.4. The van der Waals surface area contributed by atoms with Crippen LogP contribution in [0.3, 0.4) is 0 Å². The van der Waals surface area contributed by atoms with E-state index in [0.29, 0.717) is 17.7 Å². The van der Waals surface area contributed by atoms with Gasteiger partial charge in [-0.05, 0) is 32.9 Å². The van der Waals surface area contributed by atoms with Gasteiger partial charge in [-0.25, -0.2) is 0 Å². The van der Waals surface area contributed by atoms with Crippen molar-refractivity contribution in [3.05, 3.63) is 136 Å². The van der Waals surface area contributed by atoms with E-state index < -0.39 is 51.5 Å². The van der Waals surface area contributed by atoms with Crippen LogP contribution in [-0.4, -0.2) is 34.5 Å². The van der Waals surface area contributed by atoms with Gasteiger partial charge in [-0.2, -0.15) is 0 Å². The molecular weight excluding hydrogens is 574 g/mol. The van der Waals surface area contributed by atoms with Crippen molar-refractivity contribution in [1.29, 1.82) is 0 Å². The molecule has 0 aliphatic carbocycles. The second kappa shape index (κ2) is 14.0. The van der Waals surface area contributed by atoms with E-state index in [1.54, 1.807) is 0 Å². The second-order valence-corrected chi connectivity index (χ2v) is 7.80. The first-order valence-electron chi connectivity index (χ1n) is 10.8. The Morgan fingerprint density at radius 2 is 0.738 bits per heavy atom. The molecule has 3 rings (SSSR count). The Balaban J connectivity index is 0.000000318. The van der Waals surface area contributed by atoms with E-state index in [1.807, 2.05) is 0 Å². The molecule has 0 atom stereocenters. The molecule has 0 aliphatic heterocycles. The molecule has 42 heavy (non-hydrogen) atoms. The van der Waals surface area contributed by atoms with E-state index in [0.717, 1.165) is 6.07 Å². The zero-order chi connectivity index (χ0) is 32.5. The molecule has 0 fully saturated rings. The number of benzene rings is 3. The average Bonchev–Trinajstić information content (AvgIpc) is 2.88. The van der Waals surface area contributed by atoms with Crippen LogP contribution in [0, 0.1) is 91.6 Å². The summed E-state index contributed by atoms with van der Waals surface area (Å²) in [6.45, 7) is 4.05. The Morgan fingerprint density at radius 3 is 1.07 bits per heavy atom. The van der Waals surface area contributed by atoms with Gasteiger partial charge in [-0.15, -0.1) is 0 Å². The normalized spacial score (nSPS) is 9.69. The zero-order valence-corrected chi connectivity index (χ0v) is 21.5. The van der Waals surface area contributed by atoms with Gasteiger partial charge in [-0.1, -0.05) is 0 Å². The summed E-state index contributed by atoms with van der Waals surface area (Å²) in [7, 11) is 0. The SMILES string of the molecule is Cc1c([N+](=O)[O-])cc([N+](=O)[O-])cc1[N+](=O)[O-].Cc1c([N+](=O)[O-])cccc1[N+](=O)[O-].Cc1ccc([N+](=O)[O-])cc1[N+](=O)[O-]. The molecule has 0 bridgehead atoms. The fourth-order valence-electron chi connectivity index (χ4n) is 3.07. The lowest BCUT2D eigenvalue weighted by Gasteiger charge is -1.99. The molecule has 0 N–H and O–H groups in total. The molecule has 3 aromatic carbocycles. The van der Waals surface area contributed by atoms with Crippen LogP contribution >= 0.6 is 0 Å². The number of hydrogen-bond donors (Lipinski definition) is 0. The van der Waals surface area contributed by atoms with Gasteiger partial charge in [0, 0.05) is 23.8 Å². The van der Waals surface area contributed by atoms with Crippen molar-refractivity contribution in [1.82, 2.24) is 0 Å². The van der Waals surface area contributed by atoms with Crippen molar-refractivity contribution in [2.45, 2.75) is 20.8 Å². The quantitative estimate of drug-likeness (QED) is 0.247. The fraction of sp³-hybridized carbons (Fsp3) is 0.143. The van der Waals surface area contributed by atoms with Gasteiger partial charge in [0.05, 0.1) is 52.7 Å². The van der Waals surface area contributed by atoms with Crippen LogP contribution in [0.15, 0.2) is 48.5 Å². The minimum Gasteiger partial charge on any atom is -0.258 e. The maximum absolute atomic E-state index is 10.5. The highest BCUT2D eigenvalue weighted by Crippen LogP contribution is 2.32. The average molecular weight is 591 g/mol. The van der Waals surface area contributed by atoms with Crippen LogP contribution in [0.2, 0.25) is 0 Å². The van der Waals surface area contributed by atoms with Gasteiger partial charge in [0.2, 0.25) is 0 Å². The van der Waals surface area contributed by atoms with Crippen molar-refractivity contribution in [2.24, 2.45) is 0 Å². The highest BCUT2D eigenvalue weighted by molar-refractivity contribution is 5.60. The lowest BCUT2D eigenvalue weighted by molar-refractivity contribution is -0.403. The summed E-state index contributed by atoms with van der Waals surface area (Å²) < 4.78 is 0. The fourth-order valence-corrected chi connectivity index (χ4v) is 3.07. The highest BCUT2D eigenvalue weighted by Gasteiger charge is 2.27. The summed E-state index contributed by atoms with van der Waals surface area (Å²) in [5.41, 5.74) is -2.62. The maximum Gasteiger partial charge on any atom is 0.286 e. The van der Waals surface area contributed by atoms with Crippen molar-refractivity contribution >= 4 is 39.8 Å². The lowest BCUT2D eigenvalue weighted by Crippen LogP contribution is -2.00. The molecule has 21 nitrogen and oxygen atoms in total. The number of hydrogen-bond acceptors (Lipinski definition) is 14. The van der Waals surface area contributed by atoms with Gasteiger partial charge in [0.15, 0.2) is 0 Å². The number of aryl methyl sites for hydroxylation is 1. The van der Waals surface area contributed by atoms with Crippen LogP contribution in [0.4, 0.5) is 39.8 Å². The van der Waals surface area contributed by atoms with Gasteiger partial charge < -0.3 is 0 Å². The summed E-state index contributed by atoms with van der Waals surface area (Å²) in [5, 5.41) is 72.9. The zero-order valence-electron chi connectivity index (χ0n) is 21.5. The first-order valence-corrected chi connectivity index (χ1v) is 10.8. The summed E-state index contributed by atoms with van der Waals surface area (Å²) >= 11 is 0. The molecule has 0 unspecified atom stereocenters. The van der Waals surface area contributed by atoms with E-state index in [4.69, 9.17) is 0 Å². The van der Waals surface area contributed by atoms with Crippen molar-refractivity contribution in [3.8, 4) is 0 Å². The number of nitro groups is 7. The highest BCUT2D eigenvalue weighted by atomic mass is 16.7. The third-order valence-electron chi connectivity index (χ3n) is 5.21. The third-order valence-corrected chi connectivity index (χ3v) is 5.21. The number of nitro benzene ring substituents is 7. The van der Waals surface area contributed by atoms with Crippen LogP contribution in [0.1, 0.15) is 16.7 Å². The largest absolute Gasteiger partial charge is 0.286 e. The number of rotatable bonds is 7. The van der Waals surface area contributed by atoms with Crippen LogP contribution in [-0.2, 0) is 0 Å². The van der Waals surface area contributed by atoms with Crippen LogP contribution in [0.5, 0.6) is 0 Å². The summed E-state index contributed by atoms with van der Waals surface area (Å²) in [6, 6.07) is 8.71. The molecule has 0 saturated heterocycles. The smallest absolute Gasteiger partial charge is 0.258 e. The van der Waals surface area contributed by atoms with E-state index in [-0.39, 0.29) is 33.9 Å². The van der Waals surface area contributed by atoms with Crippen molar-refractivity contribution in [2.75, 3.05) is 0 Å². The molecule has 0 heterocycles. The van der Waals surface area contributed by atoms with E-state index >= 15 is 0 Å². The topological polar surface area (TPSA) is 302 Å². The first kappa shape index (κ1) is 33.5. The number of nitrogens with zero attached hydrogens (tertiary/aromatic N) is 7. The van der Waals surface area contributed by atoms with Gasteiger partial charge in [0.25, 0.3) is 39.8 Å². The van der Waals surface area contributed by atoms with E-state index in [2.05, 4.69) is 0 Å². The van der Waals surface area contributed by atoms with E-state index in [9.17, 15) is 70.8 Å². The van der Waals surface area contributed by atoms with Gasteiger partial charge >= 0.3 is 0 Å². The predicted molar refractivity (Wildman–Crippen MR) is 140 cm³/mol. The molecule has 220 valence electrons. The summed E-state index contributed by atoms with van der Waals surface area (Å²) in [4.78, 5) is 67.6. The molecule has 0 amide bonds. The Labute approximate surface area is 231 Å². The minimum absolute atomic E-state index is 0.0810. The Bertz CT molecular complexity index is 1540. The molecule has 0 aliphatic rings. The maximum atomic E-state index is 10.5. The van der Waals surface area contributed by atoms with Crippen LogP contribution in [0.25, 0.3) is 0 Å². The molecule has 0 radical (unpaired) electrons. The predicted octanol–water partition coefficient (Wildman–Crippen LogP) is 5.34. The molecule has 0 saturated carbocycles. The van der Waals surface area contributed by atoms with Crippen molar-refractivity contribution in [3.63, 3.8) is 0 Å². The van der Waals surface area contributed by atoms with Crippen LogP contribution < -0.4 is 0 Å². The standard InChI is InChI=1S/C7H5N3O6.2C7H6N2O4/c1-4-6(9(13)14)2-5(8(11)12)3-7(4)10(15)16;1-5-2-3-6(8(10)11)4-7(5)9(12)13;1-5-6(8(10)11)3-2-4-7(5)9(12)13/h2-3H,1H3;2*2-4H,1H3. The third kappa shape index (κ3) is 8.48. The van der Waals surface area contributed by atoms with E-state index in [1.165, 1.54) is 51.1 Å². The summed E-state index contributed by atoms with van der Waals surface area (Å²) in [6.07, 6.45) is 0. The summed E-state index contributed by atoms with van der Waals surface area (Å²) in [5.74, 6) is 0. The monoisotopic (exact) mass is 591 g/mol. The van der Waals surface area contributed by atoms with Crippen molar-refractivity contribution < 1.29 is 34.5 Å². The van der Waals surface area contributed by atoms with Gasteiger partial charge in [0.1, 0.15) is 11.1 Å². The molecule has 0 spiro atoms. The number of non-ortho nitro benzene ring substituents is 2. The molecule has 0 aromatic heterocycles. The Kier molecular flexibility index (Phi) is 11.2.